The third-order valence-electron chi connectivity index (χ3n) is 8.52. The predicted octanol–water partition coefficient (Wildman–Crippen LogP) is 2.32. The SMILES string of the molecule is CC[C@H]1[C@@H]2C[C@H]3[C@@H]4N(C)c5ccc(Br)cc5[C@]45C[C@@H]([C@H]2[C@@H]5O)N3[C@@H]1O. The summed E-state index contributed by atoms with van der Waals surface area (Å²) in [4.78, 5) is 4.82. The second kappa shape index (κ2) is 4.61. The van der Waals surface area contributed by atoms with Crippen LogP contribution in [0.4, 0.5) is 5.69 Å². The molecule has 10 atom stereocenters. The minimum atomic E-state index is -0.331. The number of hydrogen-bond acceptors (Lipinski definition) is 4. The summed E-state index contributed by atoms with van der Waals surface area (Å²) in [6.07, 6.45) is 2.47. The Morgan fingerprint density at radius 2 is 2.08 bits per heavy atom. The van der Waals surface area contributed by atoms with Crippen molar-refractivity contribution in [2.75, 3.05) is 11.9 Å². The quantitative estimate of drug-likeness (QED) is 0.753. The van der Waals surface area contributed by atoms with Gasteiger partial charge in [-0.2, -0.15) is 0 Å². The number of benzene rings is 1. The molecule has 2 N–H and O–H groups in total. The van der Waals surface area contributed by atoms with Gasteiger partial charge in [-0.3, -0.25) is 4.90 Å². The van der Waals surface area contributed by atoms with Crippen LogP contribution in [0.3, 0.4) is 0 Å². The highest BCUT2D eigenvalue weighted by Gasteiger charge is 2.76. The van der Waals surface area contributed by atoms with E-state index in [1.54, 1.807) is 0 Å². The molecule has 0 radical (unpaired) electrons. The van der Waals surface area contributed by atoms with E-state index in [0.29, 0.717) is 29.8 Å². The molecule has 1 unspecified atom stereocenters. The molecule has 5 heteroatoms. The molecule has 1 aromatic rings. The molecule has 134 valence electrons. The molecule has 5 aliphatic heterocycles. The van der Waals surface area contributed by atoms with Crippen molar-refractivity contribution in [1.29, 1.82) is 0 Å². The molecule has 25 heavy (non-hydrogen) atoms. The fourth-order valence-corrected chi connectivity index (χ4v) is 8.26. The highest BCUT2D eigenvalue weighted by molar-refractivity contribution is 9.10. The van der Waals surface area contributed by atoms with Crippen LogP contribution >= 0.6 is 15.9 Å². The molecule has 1 spiro atoms. The number of hydrogen-bond donors (Lipinski definition) is 2. The lowest BCUT2D eigenvalue weighted by Crippen LogP contribution is -2.72. The van der Waals surface area contributed by atoms with Crippen LogP contribution in [0.1, 0.15) is 31.7 Å². The lowest BCUT2D eigenvalue weighted by molar-refractivity contribution is -0.211. The van der Waals surface area contributed by atoms with Gasteiger partial charge in [0.25, 0.3) is 0 Å². The van der Waals surface area contributed by atoms with Crippen molar-refractivity contribution in [3.05, 3.63) is 28.2 Å². The average molecular weight is 405 g/mol. The van der Waals surface area contributed by atoms with Crippen LogP contribution in [0, 0.1) is 17.8 Å². The highest BCUT2D eigenvalue weighted by Crippen LogP contribution is 2.69. The van der Waals surface area contributed by atoms with Gasteiger partial charge in [-0.05, 0) is 48.9 Å². The molecule has 5 bridgehead atoms. The van der Waals surface area contributed by atoms with Gasteiger partial charge in [0.1, 0.15) is 6.23 Å². The third-order valence-corrected chi connectivity index (χ3v) is 9.01. The van der Waals surface area contributed by atoms with Gasteiger partial charge in [0.2, 0.25) is 0 Å². The van der Waals surface area contributed by atoms with Gasteiger partial charge in [0, 0.05) is 46.5 Å². The molecule has 5 heterocycles. The monoisotopic (exact) mass is 404 g/mol. The molecule has 1 saturated carbocycles. The number of nitrogens with zero attached hydrogens (tertiary/aromatic N) is 2. The van der Waals surface area contributed by atoms with E-state index in [1.807, 2.05) is 0 Å². The van der Waals surface area contributed by atoms with Crippen molar-refractivity contribution in [3.63, 3.8) is 0 Å². The lowest BCUT2D eigenvalue weighted by Gasteiger charge is -2.62. The Morgan fingerprint density at radius 1 is 1.28 bits per heavy atom. The van der Waals surface area contributed by atoms with E-state index in [4.69, 9.17) is 0 Å². The summed E-state index contributed by atoms with van der Waals surface area (Å²) in [6, 6.07) is 7.50. The van der Waals surface area contributed by atoms with Gasteiger partial charge in [-0.1, -0.05) is 22.9 Å². The van der Waals surface area contributed by atoms with E-state index in [1.165, 1.54) is 11.3 Å². The fourth-order valence-electron chi connectivity index (χ4n) is 7.89. The highest BCUT2D eigenvalue weighted by atomic mass is 79.9. The van der Waals surface area contributed by atoms with Crippen molar-refractivity contribution >= 4 is 21.6 Å². The maximum Gasteiger partial charge on any atom is 0.111 e. The van der Waals surface area contributed by atoms with Gasteiger partial charge in [0.05, 0.1) is 12.1 Å². The number of anilines is 1. The smallest absolute Gasteiger partial charge is 0.111 e. The molecule has 5 fully saturated rings. The minimum Gasteiger partial charge on any atom is -0.392 e. The van der Waals surface area contributed by atoms with Crippen molar-refractivity contribution in [2.24, 2.45) is 17.8 Å². The number of fused-ring (bicyclic) bond motifs is 2. The molecule has 4 saturated heterocycles. The second-order valence-corrected chi connectivity index (χ2v) is 9.87. The largest absolute Gasteiger partial charge is 0.392 e. The topological polar surface area (TPSA) is 46.9 Å². The molecule has 4 nitrogen and oxygen atoms in total. The maximum atomic E-state index is 11.7. The zero-order valence-corrected chi connectivity index (χ0v) is 16.2. The van der Waals surface area contributed by atoms with Gasteiger partial charge in [-0.25, -0.2) is 0 Å². The molecule has 0 amide bonds. The van der Waals surface area contributed by atoms with E-state index in [9.17, 15) is 10.2 Å². The second-order valence-electron chi connectivity index (χ2n) is 8.95. The van der Waals surface area contributed by atoms with Gasteiger partial charge in [-0.15, -0.1) is 0 Å². The molecule has 1 aliphatic carbocycles. The maximum absolute atomic E-state index is 11.7. The Labute approximate surface area is 156 Å². The Morgan fingerprint density at radius 3 is 2.84 bits per heavy atom. The van der Waals surface area contributed by atoms with E-state index in [-0.39, 0.29) is 23.8 Å². The van der Waals surface area contributed by atoms with E-state index >= 15 is 0 Å². The van der Waals surface area contributed by atoms with Crippen molar-refractivity contribution in [2.45, 2.75) is 62.1 Å². The van der Waals surface area contributed by atoms with Crippen LogP contribution in [-0.2, 0) is 5.41 Å². The Kier molecular flexibility index (Phi) is 2.85. The fraction of sp³-hybridized carbons (Fsp3) is 0.700. The molecular weight excluding hydrogens is 380 g/mol. The average Bonchev–Trinajstić information content (AvgIpc) is 2.96. The summed E-state index contributed by atoms with van der Waals surface area (Å²) in [5.41, 5.74) is 2.42. The first-order valence-electron chi connectivity index (χ1n) is 9.67. The number of piperidine rings is 4. The number of aliphatic hydroxyl groups excluding tert-OH is 2. The Balaban J connectivity index is 1.59. The molecular formula is C20H25BrN2O2. The van der Waals surface area contributed by atoms with Gasteiger partial charge >= 0.3 is 0 Å². The van der Waals surface area contributed by atoms with Crippen molar-refractivity contribution in [1.82, 2.24) is 4.90 Å². The van der Waals surface area contributed by atoms with Crippen LogP contribution < -0.4 is 4.90 Å². The van der Waals surface area contributed by atoms with Crippen LogP contribution in [-0.4, -0.2) is 52.6 Å². The summed E-state index contributed by atoms with van der Waals surface area (Å²) in [5.74, 6) is 1.09. The summed E-state index contributed by atoms with van der Waals surface area (Å²) < 4.78 is 1.10. The normalized spacial score (nSPS) is 54.1. The number of rotatable bonds is 1. The van der Waals surface area contributed by atoms with Crippen LogP contribution in [0.25, 0.3) is 0 Å². The Hall–Kier alpha value is -0.620. The Bertz CT molecular complexity index is 772. The van der Waals surface area contributed by atoms with Crippen LogP contribution in [0.2, 0.25) is 0 Å². The lowest BCUT2D eigenvalue weighted by atomic mass is 9.62. The van der Waals surface area contributed by atoms with Crippen molar-refractivity contribution in [3.8, 4) is 0 Å². The molecule has 0 aromatic heterocycles. The van der Waals surface area contributed by atoms with E-state index in [0.717, 1.165) is 23.7 Å². The first kappa shape index (κ1) is 15.4. The summed E-state index contributed by atoms with van der Waals surface area (Å²) >= 11 is 3.65. The molecule has 1 aromatic carbocycles. The van der Waals surface area contributed by atoms with E-state index in [2.05, 4.69) is 57.9 Å². The summed E-state index contributed by atoms with van der Waals surface area (Å²) in [5, 5.41) is 22.7. The zero-order chi connectivity index (χ0) is 17.2. The predicted molar refractivity (Wildman–Crippen MR) is 99.4 cm³/mol. The van der Waals surface area contributed by atoms with Crippen LogP contribution in [0.15, 0.2) is 22.7 Å². The third kappa shape index (κ3) is 1.47. The standard InChI is InChI=1S/C20H25BrN2O2/c1-3-10-11-7-14-17-20(12-6-9(21)4-5-13(12)22(17)2)8-15(16(11)18(20)24)23(14)19(10)25/h4-6,10-11,14-19,24-25H,3,7-8H2,1-2H3/t10-,11-,14-,15-,16-,17-,18-,19+,20+/m0/s1. The summed E-state index contributed by atoms with van der Waals surface area (Å²) in [6.45, 7) is 2.19. The first-order valence-corrected chi connectivity index (χ1v) is 10.5. The first-order chi connectivity index (χ1) is 12.0. The van der Waals surface area contributed by atoms with Gasteiger partial charge in [0.15, 0.2) is 0 Å². The van der Waals surface area contributed by atoms with Gasteiger partial charge < -0.3 is 15.1 Å². The number of likely N-dealkylation sites (N-methyl/N-ethyl adjacent to an activating group) is 1. The van der Waals surface area contributed by atoms with Crippen molar-refractivity contribution < 1.29 is 10.2 Å². The molecule has 6 aliphatic rings. The minimum absolute atomic E-state index is 0.165. The number of halogens is 1. The summed E-state index contributed by atoms with van der Waals surface area (Å²) in [7, 11) is 2.18. The number of aliphatic hydroxyl groups is 2. The zero-order valence-electron chi connectivity index (χ0n) is 14.6. The van der Waals surface area contributed by atoms with Crippen LogP contribution in [0.5, 0.6) is 0 Å². The van der Waals surface area contributed by atoms with E-state index < -0.39 is 0 Å². The molecule has 7 rings (SSSR count).